The molecule has 0 bridgehead atoms. The average Bonchev–Trinajstić information content (AvgIpc) is 3.58. The number of benzene rings is 1. The van der Waals surface area contributed by atoms with E-state index < -0.39 is 42.1 Å². The van der Waals surface area contributed by atoms with Crippen LogP contribution in [0.1, 0.15) is 99.0 Å². The van der Waals surface area contributed by atoms with Gasteiger partial charge in [-0.1, -0.05) is 60.9 Å². The normalized spacial score (nSPS) is 15.8. The summed E-state index contributed by atoms with van der Waals surface area (Å²) in [6.45, 7) is 14.0. The average molecular weight is 742 g/mol. The van der Waals surface area contributed by atoms with Crippen LogP contribution in [0.15, 0.2) is 59.2 Å². The van der Waals surface area contributed by atoms with Crippen LogP contribution in [0.3, 0.4) is 0 Å². The third-order valence-corrected chi connectivity index (χ3v) is 9.42. The van der Waals surface area contributed by atoms with E-state index >= 15 is 0 Å². The van der Waals surface area contributed by atoms with Crippen molar-refractivity contribution in [2.45, 2.75) is 118 Å². The Bertz CT molecular complexity index is 1430. The molecule has 12 heteroatoms. The number of hydrogen-bond donors (Lipinski definition) is 2. The molecule has 1 aromatic rings. The number of nitrogens with zero attached hydrogens (tertiary/aromatic N) is 1. The Hall–Kier alpha value is -4.06. The van der Waals surface area contributed by atoms with Crippen LogP contribution in [0.4, 0.5) is 4.79 Å². The number of methoxy groups -OCH3 is 1. The molecule has 1 aliphatic rings. The Balaban J connectivity index is 1.94. The van der Waals surface area contributed by atoms with Crippen molar-refractivity contribution in [2.75, 3.05) is 25.2 Å². The van der Waals surface area contributed by atoms with E-state index in [4.69, 9.17) is 14.2 Å². The van der Waals surface area contributed by atoms with E-state index in [0.29, 0.717) is 48.6 Å². The second-order valence-corrected chi connectivity index (χ2v) is 15.0. The molecule has 0 radical (unpaired) electrons. The number of hydrogen-bond acceptors (Lipinski definition) is 9. The minimum Gasteiger partial charge on any atom is -0.467 e. The first kappa shape index (κ1) is 44.1. The van der Waals surface area contributed by atoms with Gasteiger partial charge in [0.1, 0.15) is 30.5 Å². The lowest BCUT2D eigenvalue weighted by molar-refractivity contribution is -0.146. The van der Waals surface area contributed by atoms with Crippen molar-refractivity contribution in [3.63, 3.8) is 0 Å². The van der Waals surface area contributed by atoms with Gasteiger partial charge in [-0.2, -0.15) is 11.8 Å². The number of ether oxygens (including phenoxy) is 3. The van der Waals surface area contributed by atoms with Gasteiger partial charge in [0.25, 0.3) is 0 Å². The summed E-state index contributed by atoms with van der Waals surface area (Å²) in [6.07, 6.45) is 11.4. The molecule has 1 heterocycles. The fourth-order valence-corrected chi connectivity index (χ4v) is 6.65. The summed E-state index contributed by atoms with van der Waals surface area (Å²) in [5.74, 6) is -0.340. The molecule has 288 valence electrons. The first-order valence-corrected chi connectivity index (χ1v) is 19.3. The minimum absolute atomic E-state index is 0.0556. The maximum absolute atomic E-state index is 13.8. The molecule has 0 aliphatic carbocycles. The summed E-state index contributed by atoms with van der Waals surface area (Å²) in [4.78, 5) is 65.4. The molecular weight excluding hydrogens is 683 g/mol. The molecule has 0 unspecified atom stereocenters. The largest absolute Gasteiger partial charge is 0.467 e. The zero-order chi connectivity index (χ0) is 38.6. The second kappa shape index (κ2) is 23.5. The Morgan fingerprint density at radius 2 is 1.56 bits per heavy atom. The van der Waals surface area contributed by atoms with Crippen LogP contribution in [-0.4, -0.2) is 78.0 Å². The van der Waals surface area contributed by atoms with Crippen molar-refractivity contribution in [3.05, 3.63) is 64.8 Å². The van der Waals surface area contributed by atoms with Gasteiger partial charge in [-0.3, -0.25) is 14.4 Å². The number of carbonyl (C=O) groups is 5. The highest BCUT2D eigenvalue weighted by atomic mass is 32.2. The molecule has 1 aromatic carbocycles. The molecule has 1 aliphatic heterocycles. The topological polar surface area (TPSA) is 140 Å². The smallest absolute Gasteiger partial charge is 0.408 e. The molecule has 1 saturated heterocycles. The van der Waals surface area contributed by atoms with E-state index in [1.807, 2.05) is 13.8 Å². The molecule has 1 fully saturated rings. The van der Waals surface area contributed by atoms with Crippen LogP contribution in [0, 0.1) is 5.92 Å². The van der Waals surface area contributed by atoms with E-state index in [1.165, 1.54) is 47.4 Å². The van der Waals surface area contributed by atoms with Crippen LogP contribution in [-0.2, 0) is 35.3 Å². The molecule has 2 N–H and O–H groups in total. The number of carbonyl (C=O) groups excluding carboxylic acids is 5. The number of alkyl carbamates (subject to hydrolysis) is 1. The van der Waals surface area contributed by atoms with Gasteiger partial charge in [-0.15, -0.1) is 0 Å². The van der Waals surface area contributed by atoms with Gasteiger partial charge in [0.15, 0.2) is 0 Å². The zero-order valence-corrected chi connectivity index (χ0v) is 33.1. The van der Waals surface area contributed by atoms with Crippen molar-refractivity contribution >= 4 is 41.6 Å². The second-order valence-electron chi connectivity index (χ2n) is 13.9. The summed E-state index contributed by atoms with van der Waals surface area (Å²) < 4.78 is 15.4. The lowest BCUT2D eigenvalue weighted by atomic mass is 10.0. The van der Waals surface area contributed by atoms with Gasteiger partial charge in [0, 0.05) is 25.0 Å². The number of nitrogens with one attached hydrogen (secondary N) is 2. The number of likely N-dealkylation sites (tertiary alicyclic amines) is 1. The maximum Gasteiger partial charge on any atom is 0.408 e. The van der Waals surface area contributed by atoms with Crippen molar-refractivity contribution in [2.24, 2.45) is 5.92 Å². The highest BCUT2D eigenvalue weighted by molar-refractivity contribution is 7.99. The summed E-state index contributed by atoms with van der Waals surface area (Å²) in [5, 5.41) is 5.52. The molecule has 2 rings (SSSR count). The van der Waals surface area contributed by atoms with E-state index in [-0.39, 0.29) is 18.4 Å². The fourth-order valence-electron chi connectivity index (χ4n) is 5.65. The van der Waals surface area contributed by atoms with Crippen LogP contribution < -0.4 is 15.4 Å². The predicted molar refractivity (Wildman–Crippen MR) is 206 cm³/mol. The first-order chi connectivity index (χ1) is 24.7. The molecule has 3 amide bonds. The van der Waals surface area contributed by atoms with E-state index in [0.717, 1.165) is 25.7 Å². The van der Waals surface area contributed by atoms with E-state index in [9.17, 15) is 24.0 Å². The highest BCUT2D eigenvalue weighted by Gasteiger charge is 2.39. The van der Waals surface area contributed by atoms with Crippen LogP contribution in [0.5, 0.6) is 5.75 Å². The first-order valence-electron chi connectivity index (χ1n) is 18.1. The lowest BCUT2D eigenvalue weighted by Gasteiger charge is -2.30. The number of rotatable bonds is 20. The van der Waals surface area contributed by atoms with Gasteiger partial charge in [0.2, 0.25) is 11.8 Å². The monoisotopic (exact) mass is 741 g/mol. The van der Waals surface area contributed by atoms with Crippen LogP contribution in [0.25, 0.3) is 0 Å². The summed E-state index contributed by atoms with van der Waals surface area (Å²) in [5.41, 5.74) is 4.67. The Morgan fingerprint density at radius 3 is 2.17 bits per heavy atom. The molecule has 0 aromatic heterocycles. The Morgan fingerprint density at radius 1 is 0.904 bits per heavy atom. The SMILES string of the molecule is COC(=O)[C@H](CSC/C=C(\C)CC/C=C(\C)CCC=C(C)C)NC(=O)[C@@H]1CCCN1C(=O)[C@H](CC(C)C)NC(=O)OCc1ccc(OC(C)=O)cc1. The molecule has 3 atom stereocenters. The maximum atomic E-state index is 13.8. The van der Waals surface area contributed by atoms with Gasteiger partial charge in [-0.25, -0.2) is 9.59 Å². The summed E-state index contributed by atoms with van der Waals surface area (Å²) in [6, 6.07) is 3.97. The third kappa shape index (κ3) is 17.0. The predicted octanol–water partition coefficient (Wildman–Crippen LogP) is 7.05. The quantitative estimate of drug-likeness (QED) is 0.0623. The Labute approximate surface area is 314 Å². The number of esters is 2. The van der Waals surface area contributed by atoms with Crippen molar-refractivity contribution in [1.82, 2.24) is 15.5 Å². The number of allylic oxidation sites excluding steroid dienone is 5. The summed E-state index contributed by atoms with van der Waals surface area (Å²) >= 11 is 1.53. The van der Waals surface area contributed by atoms with Crippen molar-refractivity contribution in [3.8, 4) is 5.75 Å². The van der Waals surface area contributed by atoms with Gasteiger partial charge >= 0.3 is 18.0 Å². The van der Waals surface area contributed by atoms with E-state index in [1.54, 1.807) is 24.3 Å². The van der Waals surface area contributed by atoms with Crippen LogP contribution in [0.2, 0.25) is 0 Å². The third-order valence-electron chi connectivity index (χ3n) is 8.45. The Kier molecular flexibility index (Phi) is 19.9. The number of thioether (sulfide) groups is 1. The molecule has 0 saturated carbocycles. The summed E-state index contributed by atoms with van der Waals surface area (Å²) in [7, 11) is 1.29. The van der Waals surface area contributed by atoms with Crippen molar-refractivity contribution in [1.29, 1.82) is 0 Å². The minimum atomic E-state index is -0.906. The van der Waals surface area contributed by atoms with E-state index in [2.05, 4.69) is 56.6 Å². The molecule has 0 spiro atoms. The molecule has 52 heavy (non-hydrogen) atoms. The lowest BCUT2D eigenvalue weighted by Crippen LogP contribution is -2.56. The van der Waals surface area contributed by atoms with Crippen molar-refractivity contribution < 1.29 is 38.2 Å². The van der Waals surface area contributed by atoms with Gasteiger partial charge in [-0.05, 0) is 96.3 Å². The fraction of sp³-hybridized carbons (Fsp3) is 0.575. The standard InChI is InChI=1S/C40H59N3O8S/c1-27(2)12-9-13-29(5)14-10-15-30(6)21-23-52-26-35(39(47)49-8)41-37(45)36-16-11-22-43(36)38(46)34(24-28(3)4)42-40(48)50-25-32-17-19-33(20-18-32)51-31(7)44/h12,14,17-21,28,34-36H,9-11,13,15-16,22-26H2,1-8H3,(H,41,45)(H,42,48)/b29-14+,30-21+/t34-,35-,36-/m0/s1. The zero-order valence-electron chi connectivity index (χ0n) is 32.3. The molecule has 11 nitrogen and oxygen atoms in total. The molecular formula is C40H59N3O8S. The number of amides is 3. The van der Waals surface area contributed by atoms with Gasteiger partial charge < -0.3 is 29.7 Å². The van der Waals surface area contributed by atoms with Gasteiger partial charge in [0.05, 0.1) is 7.11 Å². The highest BCUT2D eigenvalue weighted by Crippen LogP contribution is 2.22. The van der Waals surface area contributed by atoms with Crippen LogP contribution >= 0.6 is 11.8 Å².